The highest BCUT2D eigenvalue weighted by Gasteiger charge is 2.06. The van der Waals surface area contributed by atoms with Crippen LogP contribution in [0.3, 0.4) is 0 Å². The maximum Gasteiger partial charge on any atom is 0.148 e. The van der Waals surface area contributed by atoms with Crippen LogP contribution in [-0.4, -0.2) is 9.97 Å². The van der Waals surface area contributed by atoms with Gasteiger partial charge in [-0.2, -0.15) is 0 Å². The number of nitrogens with one attached hydrogen (secondary N) is 1. The molecule has 0 aliphatic rings. The van der Waals surface area contributed by atoms with E-state index in [1.54, 1.807) is 6.07 Å². The molecule has 62 valence electrons. The molecule has 0 saturated heterocycles. The number of nitrogens with zero attached hydrogens (tertiary/aromatic N) is 1. The summed E-state index contributed by atoms with van der Waals surface area (Å²) in [6.07, 6.45) is 1.87. The van der Waals surface area contributed by atoms with Gasteiger partial charge in [-0.05, 0) is 28.7 Å². The molecule has 0 atom stereocenters. The molecular weight excluding hydrogens is 310 g/mol. The van der Waals surface area contributed by atoms with Gasteiger partial charge in [0.25, 0.3) is 0 Å². The molecule has 2 nitrogen and oxygen atoms in total. The minimum absolute atomic E-state index is 0.349. The topological polar surface area (TPSA) is 28.7 Å². The van der Waals surface area contributed by atoms with Crippen molar-refractivity contribution < 1.29 is 0 Å². The Labute approximate surface area is 92.4 Å². The Bertz CT molecular complexity index is 438. The van der Waals surface area contributed by atoms with Gasteiger partial charge in [0, 0.05) is 6.20 Å². The molecule has 0 aromatic carbocycles. The van der Waals surface area contributed by atoms with E-state index in [0.29, 0.717) is 10.2 Å². The van der Waals surface area contributed by atoms with Crippen molar-refractivity contribution >= 4 is 56.8 Å². The van der Waals surface area contributed by atoms with Crippen LogP contribution in [0, 0.1) is 3.57 Å². The quantitative estimate of drug-likeness (QED) is 0.585. The van der Waals surface area contributed by atoms with Crippen molar-refractivity contribution in [1.29, 1.82) is 0 Å². The summed E-state index contributed by atoms with van der Waals surface area (Å²) in [5.41, 5.74) is 1.78. The average molecular weight is 313 g/mol. The van der Waals surface area contributed by atoms with Crippen LogP contribution in [0.2, 0.25) is 10.2 Å². The Balaban J connectivity index is 2.87. The molecule has 0 amide bonds. The number of rotatable bonds is 0. The molecule has 0 aliphatic carbocycles. The Morgan fingerprint density at radius 3 is 2.92 bits per heavy atom. The summed E-state index contributed by atoms with van der Waals surface area (Å²) in [4.78, 5) is 7.17. The van der Waals surface area contributed by atoms with Crippen LogP contribution >= 0.6 is 45.8 Å². The number of hydrogen-bond donors (Lipinski definition) is 1. The fourth-order valence-corrected chi connectivity index (χ4v) is 1.83. The summed E-state index contributed by atoms with van der Waals surface area (Å²) in [6.45, 7) is 0. The van der Waals surface area contributed by atoms with E-state index < -0.39 is 0 Å². The third kappa shape index (κ3) is 1.30. The van der Waals surface area contributed by atoms with E-state index in [2.05, 4.69) is 32.6 Å². The summed E-state index contributed by atoms with van der Waals surface area (Å²) >= 11 is 13.7. The number of aromatic nitrogens is 2. The lowest BCUT2D eigenvalue weighted by molar-refractivity contribution is 1.40. The maximum atomic E-state index is 5.78. The van der Waals surface area contributed by atoms with Gasteiger partial charge in [0.1, 0.15) is 10.7 Å². The minimum Gasteiger partial charge on any atom is -0.359 e. The molecule has 0 unspecified atom stereocenters. The second-order valence-electron chi connectivity index (χ2n) is 2.29. The van der Waals surface area contributed by atoms with Gasteiger partial charge in [0.15, 0.2) is 0 Å². The highest BCUT2D eigenvalue weighted by molar-refractivity contribution is 14.1. The summed E-state index contributed by atoms with van der Waals surface area (Å²) in [6, 6.07) is 1.77. The maximum absolute atomic E-state index is 5.78. The van der Waals surface area contributed by atoms with Gasteiger partial charge >= 0.3 is 0 Å². The summed E-state index contributed by atoms with van der Waals surface area (Å²) < 4.78 is 1.04. The van der Waals surface area contributed by atoms with Gasteiger partial charge in [-0.3, -0.25) is 0 Å². The van der Waals surface area contributed by atoms with Gasteiger partial charge in [-0.25, -0.2) is 4.98 Å². The Morgan fingerprint density at radius 1 is 1.42 bits per heavy atom. The predicted octanol–water partition coefficient (Wildman–Crippen LogP) is 3.47. The van der Waals surface area contributed by atoms with Gasteiger partial charge in [0.2, 0.25) is 0 Å². The molecule has 0 fully saturated rings. The fraction of sp³-hybridized carbons (Fsp3) is 0. The second kappa shape index (κ2) is 3.05. The first-order valence-corrected chi connectivity index (χ1v) is 5.00. The van der Waals surface area contributed by atoms with Crippen molar-refractivity contribution in [3.63, 3.8) is 0 Å². The van der Waals surface area contributed by atoms with Crippen molar-refractivity contribution in [1.82, 2.24) is 9.97 Å². The van der Waals surface area contributed by atoms with Crippen molar-refractivity contribution in [3.05, 3.63) is 26.0 Å². The summed E-state index contributed by atoms with van der Waals surface area (Å²) in [5, 5.41) is 0.823. The first-order valence-electron chi connectivity index (χ1n) is 3.17. The van der Waals surface area contributed by atoms with Crippen LogP contribution in [0.25, 0.3) is 11.0 Å². The third-order valence-corrected chi connectivity index (χ3v) is 3.01. The standard InChI is InChI=1S/C7H3Cl2IN2/c8-3-1-5-6(12-7(3)9)4(10)2-11-5/h1-2,11H. The van der Waals surface area contributed by atoms with E-state index in [0.717, 1.165) is 14.6 Å². The van der Waals surface area contributed by atoms with Crippen molar-refractivity contribution in [2.24, 2.45) is 0 Å². The van der Waals surface area contributed by atoms with E-state index in [-0.39, 0.29) is 0 Å². The molecule has 5 heteroatoms. The van der Waals surface area contributed by atoms with E-state index >= 15 is 0 Å². The van der Waals surface area contributed by atoms with Gasteiger partial charge in [0.05, 0.1) is 14.1 Å². The predicted molar refractivity (Wildman–Crippen MR) is 58.8 cm³/mol. The Kier molecular flexibility index (Phi) is 2.18. The molecule has 0 saturated carbocycles. The van der Waals surface area contributed by atoms with Crippen LogP contribution in [0.1, 0.15) is 0 Å². The van der Waals surface area contributed by atoms with E-state index in [9.17, 15) is 0 Å². The third-order valence-electron chi connectivity index (χ3n) is 1.51. The van der Waals surface area contributed by atoms with Crippen molar-refractivity contribution in [2.75, 3.05) is 0 Å². The van der Waals surface area contributed by atoms with Gasteiger partial charge in [-0.15, -0.1) is 0 Å². The molecule has 2 heterocycles. The average Bonchev–Trinajstić information content (AvgIpc) is 2.35. The zero-order valence-electron chi connectivity index (χ0n) is 5.74. The minimum atomic E-state index is 0.349. The number of H-pyrrole nitrogens is 1. The lowest BCUT2D eigenvalue weighted by atomic mass is 10.4. The van der Waals surface area contributed by atoms with Crippen LogP contribution < -0.4 is 0 Å². The molecule has 12 heavy (non-hydrogen) atoms. The summed E-state index contributed by atoms with van der Waals surface area (Å²) in [5.74, 6) is 0. The molecule has 2 rings (SSSR count). The number of aromatic amines is 1. The van der Waals surface area contributed by atoms with E-state index in [1.807, 2.05) is 6.20 Å². The largest absolute Gasteiger partial charge is 0.359 e. The SMILES string of the molecule is Clc1cc2[nH]cc(I)c2nc1Cl. The molecule has 0 bridgehead atoms. The first kappa shape index (κ1) is 8.59. The van der Waals surface area contributed by atoms with Crippen LogP contribution in [0.15, 0.2) is 12.3 Å². The molecule has 0 spiro atoms. The molecule has 0 radical (unpaired) electrons. The number of fused-ring (bicyclic) bond motifs is 1. The normalized spacial score (nSPS) is 10.9. The molecule has 2 aromatic heterocycles. The van der Waals surface area contributed by atoms with Crippen LogP contribution in [0.4, 0.5) is 0 Å². The highest BCUT2D eigenvalue weighted by atomic mass is 127. The lowest BCUT2D eigenvalue weighted by Crippen LogP contribution is -1.79. The number of halogens is 3. The lowest BCUT2D eigenvalue weighted by Gasteiger charge is -1.94. The molecule has 1 N–H and O–H groups in total. The van der Waals surface area contributed by atoms with Crippen LogP contribution in [0.5, 0.6) is 0 Å². The zero-order chi connectivity index (χ0) is 8.72. The molecule has 2 aromatic rings. The van der Waals surface area contributed by atoms with E-state index in [4.69, 9.17) is 23.2 Å². The van der Waals surface area contributed by atoms with Crippen molar-refractivity contribution in [3.8, 4) is 0 Å². The van der Waals surface area contributed by atoms with Gasteiger partial charge in [-0.1, -0.05) is 23.2 Å². The van der Waals surface area contributed by atoms with Crippen LogP contribution in [-0.2, 0) is 0 Å². The van der Waals surface area contributed by atoms with Crippen molar-refractivity contribution in [2.45, 2.75) is 0 Å². The van der Waals surface area contributed by atoms with Gasteiger partial charge < -0.3 is 4.98 Å². The smallest absolute Gasteiger partial charge is 0.148 e. The number of pyridine rings is 1. The Morgan fingerprint density at radius 2 is 2.17 bits per heavy atom. The summed E-state index contributed by atoms with van der Waals surface area (Å²) in [7, 11) is 0. The highest BCUT2D eigenvalue weighted by Crippen LogP contribution is 2.26. The van der Waals surface area contributed by atoms with E-state index in [1.165, 1.54) is 0 Å². The number of hydrogen-bond acceptors (Lipinski definition) is 1. The second-order valence-corrected chi connectivity index (χ2v) is 4.22. The molecule has 0 aliphatic heterocycles. The first-order chi connectivity index (χ1) is 5.68. The monoisotopic (exact) mass is 312 g/mol. The Hall–Kier alpha value is -0.000000000000000111. The zero-order valence-corrected chi connectivity index (χ0v) is 9.41. The molecular formula is C7H3Cl2IN2. The fourth-order valence-electron chi connectivity index (χ4n) is 0.968.